The summed E-state index contributed by atoms with van der Waals surface area (Å²) < 4.78 is 19.2. The van der Waals surface area contributed by atoms with Gasteiger partial charge in [-0.2, -0.15) is 0 Å². The first kappa shape index (κ1) is 19.7. The quantitative estimate of drug-likeness (QED) is 0.622. The van der Waals surface area contributed by atoms with Gasteiger partial charge in [-0.3, -0.25) is 4.79 Å². The lowest BCUT2D eigenvalue weighted by Gasteiger charge is -2.09. The van der Waals surface area contributed by atoms with Gasteiger partial charge in [0.25, 0.3) is 5.88 Å². The molecule has 144 valence electrons. The molecule has 0 saturated heterocycles. The number of halogens is 2. The third-order valence-corrected chi connectivity index (χ3v) is 3.93. The highest BCUT2D eigenvalue weighted by Gasteiger charge is 2.12. The normalized spacial score (nSPS) is 11.8. The number of pyridine rings is 1. The molecule has 3 aromatic rings. The van der Waals surface area contributed by atoms with Crippen molar-refractivity contribution < 1.29 is 19.0 Å². The SMILES string of the molecule is NC(CC(=O)O)Cc1nccc(-c2ccc(Oc3ncc(Cl)cc3F)cc2)n1. The lowest BCUT2D eigenvalue weighted by Crippen LogP contribution is -2.27. The maximum atomic E-state index is 13.8. The van der Waals surface area contributed by atoms with Crippen LogP contribution in [-0.4, -0.2) is 32.1 Å². The number of carboxylic acid groups (broad SMARTS) is 1. The second kappa shape index (κ2) is 8.73. The molecule has 28 heavy (non-hydrogen) atoms. The van der Waals surface area contributed by atoms with Gasteiger partial charge in [-0.15, -0.1) is 0 Å². The molecule has 3 rings (SSSR count). The van der Waals surface area contributed by atoms with Crippen LogP contribution in [-0.2, 0) is 11.2 Å². The van der Waals surface area contributed by atoms with Gasteiger partial charge in [0.2, 0.25) is 0 Å². The smallest absolute Gasteiger partial charge is 0.304 e. The molecule has 0 aliphatic heterocycles. The van der Waals surface area contributed by atoms with Crippen LogP contribution in [0.25, 0.3) is 11.3 Å². The number of carbonyl (C=O) groups is 1. The van der Waals surface area contributed by atoms with Crippen molar-refractivity contribution in [1.82, 2.24) is 15.0 Å². The number of carboxylic acids is 1. The molecule has 3 N–H and O–H groups in total. The van der Waals surface area contributed by atoms with Gasteiger partial charge in [0.1, 0.15) is 11.6 Å². The Kier molecular flexibility index (Phi) is 6.13. The molecule has 0 spiro atoms. The predicted octanol–water partition coefficient (Wildman–Crippen LogP) is 3.47. The Labute approximate surface area is 165 Å². The monoisotopic (exact) mass is 402 g/mol. The van der Waals surface area contributed by atoms with E-state index >= 15 is 0 Å². The molecule has 9 heteroatoms. The summed E-state index contributed by atoms with van der Waals surface area (Å²) in [5.41, 5.74) is 7.22. The number of rotatable bonds is 7. The summed E-state index contributed by atoms with van der Waals surface area (Å²) in [5, 5.41) is 8.97. The van der Waals surface area contributed by atoms with Crippen molar-refractivity contribution in [3.05, 3.63) is 65.5 Å². The Morgan fingerprint density at radius 3 is 2.68 bits per heavy atom. The molecular weight excluding hydrogens is 387 g/mol. The van der Waals surface area contributed by atoms with Crippen LogP contribution < -0.4 is 10.5 Å². The molecule has 7 nitrogen and oxygen atoms in total. The van der Waals surface area contributed by atoms with Crippen molar-refractivity contribution in [3.8, 4) is 22.9 Å². The number of nitrogens with two attached hydrogens (primary N) is 1. The third-order valence-electron chi connectivity index (χ3n) is 3.73. The molecule has 0 fully saturated rings. The van der Waals surface area contributed by atoms with Gasteiger partial charge in [-0.05, 0) is 36.4 Å². The minimum atomic E-state index is -0.967. The van der Waals surface area contributed by atoms with Crippen LogP contribution >= 0.6 is 11.6 Å². The zero-order valence-electron chi connectivity index (χ0n) is 14.5. The number of nitrogens with zero attached hydrogens (tertiary/aromatic N) is 3. The molecule has 1 atom stereocenters. The number of aromatic nitrogens is 3. The second-order valence-corrected chi connectivity index (χ2v) is 6.42. The van der Waals surface area contributed by atoms with Crippen molar-refractivity contribution >= 4 is 17.6 Å². The van der Waals surface area contributed by atoms with Gasteiger partial charge >= 0.3 is 5.97 Å². The summed E-state index contributed by atoms with van der Waals surface area (Å²) in [4.78, 5) is 23.1. The van der Waals surface area contributed by atoms with Gasteiger partial charge in [0.15, 0.2) is 5.82 Å². The number of ether oxygens (including phenoxy) is 1. The van der Waals surface area contributed by atoms with Crippen LogP contribution in [0.5, 0.6) is 11.6 Å². The van der Waals surface area contributed by atoms with Crippen LogP contribution in [0.3, 0.4) is 0 Å². The molecule has 1 aromatic carbocycles. The number of benzene rings is 1. The summed E-state index contributed by atoms with van der Waals surface area (Å²) in [6, 6.07) is 9.11. The fourth-order valence-electron chi connectivity index (χ4n) is 2.47. The molecule has 2 heterocycles. The molecule has 2 aromatic heterocycles. The maximum absolute atomic E-state index is 13.8. The minimum Gasteiger partial charge on any atom is -0.481 e. The van der Waals surface area contributed by atoms with Gasteiger partial charge in [0.05, 0.1) is 17.1 Å². The average Bonchev–Trinajstić information content (AvgIpc) is 2.64. The topological polar surface area (TPSA) is 111 Å². The van der Waals surface area contributed by atoms with Crippen LogP contribution in [0, 0.1) is 5.82 Å². The Hall–Kier alpha value is -3.10. The summed E-state index contributed by atoms with van der Waals surface area (Å²) in [7, 11) is 0. The van der Waals surface area contributed by atoms with E-state index < -0.39 is 17.8 Å². The van der Waals surface area contributed by atoms with Gasteiger partial charge < -0.3 is 15.6 Å². The van der Waals surface area contributed by atoms with E-state index in [4.69, 9.17) is 27.2 Å². The molecule has 0 bridgehead atoms. The lowest BCUT2D eigenvalue weighted by molar-refractivity contribution is -0.137. The van der Waals surface area contributed by atoms with Crippen molar-refractivity contribution in [1.29, 1.82) is 0 Å². The first-order valence-electron chi connectivity index (χ1n) is 8.29. The van der Waals surface area contributed by atoms with E-state index in [1.54, 1.807) is 36.5 Å². The fraction of sp³-hybridized carbons (Fsp3) is 0.158. The molecular formula is C19H16ClFN4O3. The van der Waals surface area contributed by atoms with Crippen LogP contribution in [0.4, 0.5) is 4.39 Å². The van der Waals surface area contributed by atoms with Crippen molar-refractivity contribution in [2.24, 2.45) is 5.73 Å². The van der Waals surface area contributed by atoms with Crippen molar-refractivity contribution in [2.75, 3.05) is 0 Å². The molecule has 0 amide bonds. The Balaban J connectivity index is 1.72. The molecule has 1 unspecified atom stereocenters. The van der Waals surface area contributed by atoms with Crippen LogP contribution in [0.15, 0.2) is 48.8 Å². The van der Waals surface area contributed by atoms with Crippen LogP contribution in [0.1, 0.15) is 12.2 Å². The fourth-order valence-corrected chi connectivity index (χ4v) is 2.62. The third kappa shape index (κ3) is 5.21. The number of aliphatic carboxylic acids is 1. The Morgan fingerprint density at radius 1 is 1.25 bits per heavy atom. The molecule has 0 saturated carbocycles. The number of hydrogen-bond acceptors (Lipinski definition) is 6. The number of hydrogen-bond donors (Lipinski definition) is 2. The van der Waals surface area contributed by atoms with E-state index in [1.807, 2.05) is 0 Å². The van der Waals surface area contributed by atoms with E-state index in [9.17, 15) is 9.18 Å². The highest BCUT2D eigenvalue weighted by Crippen LogP contribution is 2.26. The predicted molar refractivity (Wildman–Crippen MR) is 101 cm³/mol. The molecule has 0 aliphatic rings. The first-order chi connectivity index (χ1) is 13.4. The van der Waals surface area contributed by atoms with E-state index in [1.165, 1.54) is 6.20 Å². The zero-order valence-corrected chi connectivity index (χ0v) is 15.3. The van der Waals surface area contributed by atoms with E-state index in [0.717, 1.165) is 11.6 Å². The Morgan fingerprint density at radius 2 is 2.00 bits per heavy atom. The standard InChI is InChI=1S/C19H16ClFN4O3/c20-12-7-15(21)19(24-10-12)28-14-3-1-11(2-4-14)16-5-6-23-17(25-16)8-13(22)9-18(26)27/h1-7,10,13H,8-9,22H2,(H,26,27). The van der Waals surface area contributed by atoms with E-state index in [-0.39, 0.29) is 23.7 Å². The summed E-state index contributed by atoms with van der Waals surface area (Å²) in [6.07, 6.45) is 2.98. The first-order valence-corrected chi connectivity index (χ1v) is 8.67. The highest BCUT2D eigenvalue weighted by atomic mass is 35.5. The second-order valence-electron chi connectivity index (χ2n) is 5.99. The summed E-state index contributed by atoms with van der Waals surface area (Å²) in [5.74, 6) is -0.941. The van der Waals surface area contributed by atoms with Crippen LogP contribution in [0.2, 0.25) is 5.02 Å². The largest absolute Gasteiger partial charge is 0.481 e. The average molecular weight is 403 g/mol. The lowest BCUT2D eigenvalue weighted by atomic mass is 10.1. The van der Waals surface area contributed by atoms with Gasteiger partial charge in [-0.1, -0.05) is 11.6 Å². The Bertz CT molecular complexity index is 985. The van der Waals surface area contributed by atoms with Gasteiger partial charge in [0, 0.05) is 30.4 Å². The van der Waals surface area contributed by atoms with Crippen molar-refractivity contribution in [3.63, 3.8) is 0 Å². The van der Waals surface area contributed by atoms with Gasteiger partial charge in [-0.25, -0.2) is 19.3 Å². The highest BCUT2D eigenvalue weighted by molar-refractivity contribution is 6.30. The van der Waals surface area contributed by atoms with Crippen molar-refractivity contribution in [2.45, 2.75) is 18.9 Å². The summed E-state index contributed by atoms with van der Waals surface area (Å²) in [6.45, 7) is 0. The summed E-state index contributed by atoms with van der Waals surface area (Å²) >= 11 is 5.67. The minimum absolute atomic E-state index is 0.158. The van der Waals surface area contributed by atoms with E-state index in [2.05, 4.69) is 15.0 Å². The van der Waals surface area contributed by atoms with E-state index in [0.29, 0.717) is 17.3 Å². The maximum Gasteiger partial charge on any atom is 0.304 e. The zero-order chi connectivity index (χ0) is 20.1. The molecule has 0 radical (unpaired) electrons. The molecule has 0 aliphatic carbocycles.